The van der Waals surface area contributed by atoms with Crippen molar-refractivity contribution in [1.82, 2.24) is 14.9 Å². The number of nitrogens with one attached hydrogen (secondary N) is 2. The molecule has 0 bridgehead atoms. The first-order valence-corrected chi connectivity index (χ1v) is 3.66. The van der Waals surface area contributed by atoms with E-state index in [1.54, 1.807) is 24.5 Å². The summed E-state index contributed by atoms with van der Waals surface area (Å²) in [7, 11) is 0. The Morgan fingerprint density at radius 3 is 2.38 bits per heavy atom. The number of rotatable bonds is 1. The van der Waals surface area contributed by atoms with Gasteiger partial charge in [-0.3, -0.25) is 0 Å². The Balaban J connectivity index is 2.66. The van der Waals surface area contributed by atoms with Gasteiger partial charge in [0, 0.05) is 4.79 Å². The lowest BCUT2D eigenvalue weighted by Gasteiger charge is -1.92. The van der Waals surface area contributed by atoms with Crippen molar-refractivity contribution < 1.29 is 4.68 Å². The topological polar surface area (TPSA) is 74.5 Å². The molecule has 0 radical (unpaired) electrons. The van der Waals surface area contributed by atoms with E-state index in [0.29, 0.717) is 0 Å². The second kappa shape index (κ2) is 2.74. The fourth-order valence-electron chi connectivity index (χ4n) is 1.01. The molecule has 0 amide bonds. The molecule has 0 saturated heterocycles. The van der Waals surface area contributed by atoms with Crippen LogP contribution in [0.2, 0.25) is 0 Å². The molecule has 0 fully saturated rings. The first kappa shape index (κ1) is 7.53. The molecule has 0 saturated carbocycles. The molecule has 6 nitrogen and oxygen atoms in total. The highest BCUT2D eigenvalue weighted by Crippen LogP contribution is 1.74. The van der Waals surface area contributed by atoms with Crippen molar-refractivity contribution in [2.75, 3.05) is 0 Å². The highest BCUT2D eigenvalue weighted by Gasteiger charge is 2.06. The number of hydrogen-bond acceptors (Lipinski definition) is 2. The minimum atomic E-state index is -0.527. The second-order valence-electron chi connectivity index (χ2n) is 2.44. The van der Waals surface area contributed by atoms with Crippen LogP contribution in [-0.4, -0.2) is 14.9 Å². The van der Waals surface area contributed by atoms with Gasteiger partial charge in [0.25, 0.3) is 0 Å². The molecule has 6 heteroatoms. The number of hydrogen-bond donors (Lipinski definition) is 2. The Kier molecular flexibility index (Phi) is 1.59. The molecule has 0 aliphatic rings. The van der Waals surface area contributed by atoms with Crippen molar-refractivity contribution in [3.63, 3.8) is 0 Å². The third kappa shape index (κ3) is 1.28. The molecule has 0 aromatic carbocycles. The van der Waals surface area contributed by atoms with E-state index in [9.17, 15) is 9.59 Å². The Hall–Kier alpha value is -2.11. The summed E-state index contributed by atoms with van der Waals surface area (Å²) in [5, 5.41) is 2.32. The van der Waals surface area contributed by atoms with E-state index in [0.717, 1.165) is 4.79 Å². The lowest BCUT2D eigenvalue weighted by atomic mass is 10.5. The molecule has 0 aliphatic heterocycles. The molecule has 66 valence electrons. The van der Waals surface area contributed by atoms with Gasteiger partial charge in [-0.15, -0.1) is 9.77 Å². The molecular formula is C7H7N4O2+. The van der Waals surface area contributed by atoms with Crippen molar-refractivity contribution in [1.29, 1.82) is 0 Å². The van der Waals surface area contributed by atoms with Crippen LogP contribution >= 0.6 is 0 Å². The van der Waals surface area contributed by atoms with E-state index < -0.39 is 11.4 Å². The number of H-pyrrole nitrogens is 2. The maximum absolute atomic E-state index is 11.1. The van der Waals surface area contributed by atoms with Gasteiger partial charge in [-0.1, -0.05) is 6.07 Å². The molecule has 13 heavy (non-hydrogen) atoms. The van der Waals surface area contributed by atoms with E-state index in [1.165, 1.54) is 4.68 Å². The van der Waals surface area contributed by atoms with Crippen molar-refractivity contribution in [3.05, 3.63) is 51.6 Å². The zero-order chi connectivity index (χ0) is 9.26. The van der Waals surface area contributed by atoms with Crippen LogP contribution < -0.4 is 16.1 Å². The second-order valence-corrected chi connectivity index (χ2v) is 2.44. The first-order valence-electron chi connectivity index (χ1n) is 3.66. The van der Waals surface area contributed by atoms with Gasteiger partial charge in [-0.2, -0.15) is 0 Å². The predicted molar refractivity (Wildman–Crippen MR) is 43.1 cm³/mol. The van der Waals surface area contributed by atoms with E-state index in [4.69, 9.17) is 0 Å². The summed E-state index contributed by atoms with van der Waals surface area (Å²) < 4.78 is 1.46. The Morgan fingerprint density at radius 1 is 1.15 bits per heavy atom. The van der Waals surface area contributed by atoms with E-state index in [-0.39, 0.29) is 0 Å². The zero-order valence-electron chi connectivity index (χ0n) is 6.60. The van der Waals surface area contributed by atoms with Crippen molar-refractivity contribution in [2.24, 2.45) is 0 Å². The van der Waals surface area contributed by atoms with E-state index >= 15 is 0 Å². The third-order valence-electron chi connectivity index (χ3n) is 1.55. The fourth-order valence-corrected chi connectivity index (χ4v) is 1.01. The van der Waals surface area contributed by atoms with Crippen molar-refractivity contribution >= 4 is 0 Å². The van der Waals surface area contributed by atoms with Crippen LogP contribution in [0.15, 0.2) is 40.2 Å². The maximum Gasteiger partial charge on any atom is 0.433 e. The summed E-state index contributed by atoms with van der Waals surface area (Å²) in [4.78, 5) is 25.0. The first-order chi connectivity index (χ1) is 6.27. The number of nitrogens with zero attached hydrogens (tertiary/aromatic N) is 2. The normalized spacial score (nSPS) is 10.2. The fraction of sp³-hybridized carbons (Fsp3) is 0. The highest BCUT2D eigenvalue weighted by molar-refractivity contribution is 4.83. The molecule has 0 aliphatic carbocycles. The van der Waals surface area contributed by atoms with Crippen LogP contribution in [0.25, 0.3) is 0 Å². The van der Waals surface area contributed by atoms with Crippen LogP contribution in [0.5, 0.6) is 0 Å². The van der Waals surface area contributed by atoms with Gasteiger partial charge in [-0.25, -0.2) is 14.6 Å². The average Bonchev–Trinajstić information content (AvgIpc) is 2.47. The van der Waals surface area contributed by atoms with Crippen LogP contribution in [0.3, 0.4) is 0 Å². The minimum Gasteiger partial charge on any atom is -0.240 e. The summed E-state index contributed by atoms with van der Waals surface area (Å²) in [6.45, 7) is 0. The smallest absolute Gasteiger partial charge is 0.240 e. The summed E-state index contributed by atoms with van der Waals surface area (Å²) in [6, 6.07) is 5.31. The van der Waals surface area contributed by atoms with Crippen LogP contribution in [-0.2, 0) is 0 Å². The molecule has 2 heterocycles. The zero-order valence-corrected chi connectivity index (χ0v) is 6.60. The standard InChI is InChI=1S/C7H6N4O2/c12-6-8-7(13)11(9-6)10-4-2-1-3-5-10/h1-5H,(H-,8,9,12,13)/p+1. The molecule has 2 N–H and O–H groups in total. The summed E-state index contributed by atoms with van der Waals surface area (Å²) in [5.74, 6) is 0. The van der Waals surface area contributed by atoms with E-state index in [2.05, 4.69) is 10.1 Å². The van der Waals surface area contributed by atoms with Crippen LogP contribution in [0.4, 0.5) is 0 Å². The lowest BCUT2D eigenvalue weighted by Crippen LogP contribution is -2.48. The minimum absolute atomic E-state index is 0.499. The molecule has 2 aromatic heterocycles. The van der Waals surface area contributed by atoms with Gasteiger partial charge in [0.1, 0.15) is 12.4 Å². The van der Waals surface area contributed by atoms with Crippen LogP contribution in [0.1, 0.15) is 0 Å². The molecule has 0 atom stereocenters. The third-order valence-corrected chi connectivity index (χ3v) is 1.55. The average molecular weight is 179 g/mol. The molecular weight excluding hydrogens is 172 g/mol. The lowest BCUT2D eigenvalue weighted by molar-refractivity contribution is -0.738. The van der Waals surface area contributed by atoms with Gasteiger partial charge in [0.2, 0.25) is 0 Å². The van der Waals surface area contributed by atoms with Crippen molar-refractivity contribution in [3.8, 4) is 0 Å². The van der Waals surface area contributed by atoms with E-state index in [1.807, 2.05) is 6.07 Å². The quantitative estimate of drug-likeness (QED) is 0.521. The van der Waals surface area contributed by atoms with Gasteiger partial charge < -0.3 is 0 Å². The summed E-state index contributed by atoms with van der Waals surface area (Å²) in [5.41, 5.74) is -1.03. The van der Waals surface area contributed by atoms with Gasteiger partial charge in [0.15, 0.2) is 0 Å². The van der Waals surface area contributed by atoms with Gasteiger partial charge in [0.05, 0.1) is 0 Å². The molecule has 0 unspecified atom stereocenters. The Morgan fingerprint density at radius 2 is 1.85 bits per heavy atom. The van der Waals surface area contributed by atoms with Crippen molar-refractivity contribution in [2.45, 2.75) is 0 Å². The number of aromatic nitrogens is 4. The number of pyridine rings is 1. The Labute approximate surface area is 72.0 Å². The van der Waals surface area contributed by atoms with Gasteiger partial charge >= 0.3 is 11.4 Å². The highest BCUT2D eigenvalue weighted by atomic mass is 16.2. The maximum atomic E-state index is 11.1. The summed E-state index contributed by atoms with van der Waals surface area (Å²) >= 11 is 0. The van der Waals surface area contributed by atoms with Gasteiger partial charge in [-0.05, 0) is 12.1 Å². The number of aromatic amines is 2. The Bertz CT molecular complexity index is 507. The monoisotopic (exact) mass is 179 g/mol. The largest absolute Gasteiger partial charge is 0.433 e. The SMILES string of the molecule is O=c1[nH]c(=O)n(-[n+]2ccccc2)[nH]1. The van der Waals surface area contributed by atoms with Crippen LogP contribution in [0, 0.1) is 0 Å². The molecule has 0 spiro atoms. The summed E-state index contributed by atoms with van der Waals surface area (Å²) in [6.07, 6.45) is 3.29. The molecule has 2 aromatic rings. The molecule has 2 rings (SSSR count). The predicted octanol–water partition coefficient (Wildman–Crippen LogP) is -1.54.